The molecule has 1 aromatic carbocycles. The third kappa shape index (κ3) is 1.92. The highest BCUT2D eigenvalue weighted by Crippen LogP contribution is 2.34. The molecule has 5 heteroatoms. The minimum atomic E-state index is -0.674. The Morgan fingerprint density at radius 3 is 2.64 bits per heavy atom. The van der Waals surface area contributed by atoms with Gasteiger partial charge >= 0.3 is 0 Å². The van der Waals surface area contributed by atoms with Crippen LogP contribution in [0.5, 0.6) is 5.75 Å². The van der Waals surface area contributed by atoms with Gasteiger partial charge in [0.15, 0.2) is 11.6 Å². The van der Waals surface area contributed by atoms with Crippen LogP contribution in [0.2, 0.25) is 10.0 Å². The van der Waals surface area contributed by atoms with E-state index in [4.69, 9.17) is 33.2 Å². The van der Waals surface area contributed by atoms with E-state index in [0.717, 1.165) is 0 Å². The van der Waals surface area contributed by atoms with Crippen molar-refractivity contribution in [2.45, 2.75) is 6.42 Å². The zero-order valence-electron chi connectivity index (χ0n) is 7.27. The number of nitrogens with zero attached hydrogens (tertiary/aromatic N) is 1. The van der Waals surface area contributed by atoms with Crippen LogP contribution in [0.3, 0.4) is 0 Å². The minimum Gasteiger partial charge on any atom is -0.492 e. The molecular formula is C9H6Cl2FNO. The summed E-state index contributed by atoms with van der Waals surface area (Å²) in [6.45, 7) is 0. The predicted molar refractivity (Wildman–Crippen MR) is 52.3 cm³/mol. The Balaban J connectivity index is 3.37. The van der Waals surface area contributed by atoms with Gasteiger partial charge in [-0.3, -0.25) is 0 Å². The Morgan fingerprint density at radius 1 is 1.50 bits per heavy atom. The maximum absolute atomic E-state index is 13.5. The van der Waals surface area contributed by atoms with Crippen LogP contribution < -0.4 is 4.74 Å². The van der Waals surface area contributed by atoms with Crippen LogP contribution in [0.1, 0.15) is 5.56 Å². The molecule has 14 heavy (non-hydrogen) atoms. The van der Waals surface area contributed by atoms with Gasteiger partial charge in [0.1, 0.15) is 0 Å². The second-order valence-electron chi connectivity index (χ2n) is 2.50. The first-order chi connectivity index (χ1) is 6.61. The summed E-state index contributed by atoms with van der Waals surface area (Å²) in [4.78, 5) is 0. The average molecular weight is 234 g/mol. The lowest BCUT2D eigenvalue weighted by molar-refractivity contribution is 0.385. The second kappa shape index (κ2) is 4.50. The number of hydrogen-bond donors (Lipinski definition) is 0. The van der Waals surface area contributed by atoms with E-state index in [1.807, 2.05) is 6.07 Å². The minimum absolute atomic E-state index is 0.0821. The van der Waals surface area contributed by atoms with Gasteiger partial charge in [-0.2, -0.15) is 5.26 Å². The standard InChI is InChI=1S/C9H6Cl2FNO/c1-14-9-7(11)4-6(10)5(2-3-13)8(9)12/h4H,2H2,1H3. The van der Waals surface area contributed by atoms with E-state index in [2.05, 4.69) is 0 Å². The molecular weight excluding hydrogens is 228 g/mol. The molecule has 0 spiro atoms. The van der Waals surface area contributed by atoms with Gasteiger partial charge < -0.3 is 4.74 Å². The van der Waals surface area contributed by atoms with Gasteiger partial charge in [-0.25, -0.2) is 4.39 Å². The molecule has 0 saturated carbocycles. The van der Waals surface area contributed by atoms with Crippen molar-refractivity contribution in [1.29, 1.82) is 5.26 Å². The summed E-state index contributed by atoms with van der Waals surface area (Å²) >= 11 is 11.4. The molecule has 0 aliphatic carbocycles. The van der Waals surface area contributed by atoms with Crippen molar-refractivity contribution in [2.24, 2.45) is 0 Å². The molecule has 0 amide bonds. The quantitative estimate of drug-likeness (QED) is 0.786. The summed E-state index contributed by atoms with van der Waals surface area (Å²) in [5.74, 6) is -0.757. The van der Waals surface area contributed by atoms with Crippen molar-refractivity contribution in [3.05, 3.63) is 27.5 Å². The molecule has 1 rings (SSSR count). The maximum Gasteiger partial charge on any atom is 0.173 e. The van der Waals surface area contributed by atoms with Crippen LogP contribution >= 0.6 is 23.2 Å². The highest BCUT2D eigenvalue weighted by Gasteiger charge is 2.16. The molecule has 2 nitrogen and oxygen atoms in total. The third-order valence-electron chi connectivity index (χ3n) is 1.68. The molecule has 0 aliphatic rings. The summed E-state index contributed by atoms with van der Waals surface area (Å²) in [5.41, 5.74) is 0.107. The zero-order valence-corrected chi connectivity index (χ0v) is 8.79. The second-order valence-corrected chi connectivity index (χ2v) is 3.32. The molecule has 1 aromatic rings. The largest absolute Gasteiger partial charge is 0.492 e. The summed E-state index contributed by atoms with van der Waals surface area (Å²) < 4.78 is 18.3. The van der Waals surface area contributed by atoms with Crippen LogP contribution in [-0.4, -0.2) is 7.11 Å². The van der Waals surface area contributed by atoms with Gasteiger partial charge in [0.05, 0.1) is 24.6 Å². The Hall–Kier alpha value is -0.980. The fourth-order valence-corrected chi connectivity index (χ4v) is 1.62. The molecule has 0 bridgehead atoms. The van der Waals surface area contributed by atoms with Crippen molar-refractivity contribution < 1.29 is 9.13 Å². The molecule has 0 heterocycles. The molecule has 0 saturated heterocycles. The first kappa shape index (κ1) is 11.1. The van der Waals surface area contributed by atoms with Gasteiger partial charge in [-0.1, -0.05) is 23.2 Å². The van der Waals surface area contributed by atoms with E-state index in [9.17, 15) is 4.39 Å². The van der Waals surface area contributed by atoms with Gasteiger partial charge in [-0.15, -0.1) is 0 Å². The number of halogens is 3. The topological polar surface area (TPSA) is 33.0 Å². The number of ether oxygens (including phenoxy) is 1. The Morgan fingerprint density at radius 2 is 2.14 bits per heavy atom. The van der Waals surface area contributed by atoms with Gasteiger partial charge in [-0.05, 0) is 6.07 Å². The normalized spacial score (nSPS) is 9.64. The van der Waals surface area contributed by atoms with E-state index in [0.29, 0.717) is 0 Å². The van der Waals surface area contributed by atoms with Crippen LogP contribution in [-0.2, 0) is 6.42 Å². The van der Waals surface area contributed by atoms with Crippen LogP contribution in [0.15, 0.2) is 6.07 Å². The molecule has 0 unspecified atom stereocenters. The molecule has 0 N–H and O–H groups in total. The lowest BCUT2D eigenvalue weighted by Gasteiger charge is -2.08. The fourth-order valence-electron chi connectivity index (χ4n) is 1.04. The number of benzene rings is 1. The number of hydrogen-bond acceptors (Lipinski definition) is 2. The van der Waals surface area contributed by atoms with E-state index >= 15 is 0 Å². The average Bonchev–Trinajstić information content (AvgIpc) is 2.12. The summed E-state index contributed by atoms with van der Waals surface area (Å²) in [5, 5.41) is 8.68. The predicted octanol–water partition coefficient (Wildman–Crippen LogP) is 3.21. The van der Waals surface area contributed by atoms with Crippen molar-refractivity contribution in [2.75, 3.05) is 7.11 Å². The van der Waals surface area contributed by atoms with Crippen molar-refractivity contribution in [1.82, 2.24) is 0 Å². The van der Waals surface area contributed by atoms with Gasteiger partial charge in [0.2, 0.25) is 0 Å². The van der Waals surface area contributed by atoms with Crippen molar-refractivity contribution in [3.63, 3.8) is 0 Å². The molecule has 0 atom stereocenters. The first-order valence-corrected chi connectivity index (χ1v) is 4.44. The molecule has 0 radical (unpaired) electrons. The van der Waals surface area contributed by atoms with Crippen LogP contribution in [0.4, 0.5) is 4.39 Å². The lowest BCUT2D eigenvalue weighted by atomic mass is 10.1. The monoisotopic (exact) mass is 233 g/mol. The molecule has 0 fully saturated rings. The van der Waals surface area contributed by atoms with Gasteiger partial charge in [0.25, 0.3) is 0 Å². The van der Waals surface area contributed by atoms with E-state index in [1.165, 1.54) is 13.2 Å². The number of nitriles is 1. The number of methoxy groups -OCH3 is 1. The highest BCUT2D eigenvalue weighted by atomic mass is 35.5. The SMILES string of the molecule is COc1c(Cl)cc(Cl)c(CC#N)c1F. The zero-order chi connectivity index (χ0) is 10.7. The molecule has 0 aliphatic heterocycles. The van der Waals surface area contributed by atoms with Crippen molar-refractivity contribution in [3.8, 4) is 11.8 Å². The lowest BCUT2D eigenvalue weighted by Crippen LogP contribution is -1.96. The highest BCUT2D eigenvalue weighted by molar-refractivity contribution is 6.36. The molecule has 74 valence electrons. The molecule has 0 aromatic heterocycles. The van der Waals surface area contributed by atoms with E-state index in [-0.39, 0.29) is 27.8 Å². The summed E-state index contributed by atoms with van der Waals surface area (Å²) in [6.07, 6.45) is -0.113. The Kier molecular flexibility index (Phi) is 3.56. The van der Waals surface area contributed by atoms with E-state index in [1.54, 1.807) is 0 Å². The summed E-state index contributed by atoms with van der Waals surface area (Å²) in [7, 11) is 1.30. The third-order valence-corrected chi connectivity index (χ3v) is 2.30. The summed E-state index contributed by atoms with van der Waals surface area (Å²) in [6, 6.07) is 3.17. The Labute approximate surface area is 90.8 Å². The van der Waals surface area contributed by atoms with Crippen LogP contribution in [0.25, 0.3) is 0 Å². The number of rotatable bonds is 2. The maximum atomic E-state index is 13.5. The van der Waals surface area contributed by atoms with Gasteiger partial charge in [0, 0.05) is 10.6 Å². The van der Waals surface area contributed by atoms with Crippen molar-refractivity contribution >= 4 is 23.2 Å². The Bertz CT molecular complexity index is 401. The fraction of sp³-hybridized carbons (Fsp3) is 0.222. The first-order valence-electron chi connectivity index (χ1n) is 3.69. The van der Waals surface area contributed by atoms with E-state index < -0.39 is 5.82 Å². The van der Waals surface area contributed by atoms with Crippen LogP contribution in [0, 0.1) is 17.1 Å². The smallest absolute Gasteiger partial charge is 0.173 e.